The number of aliphatic hydroxyl groups is 3. The van der Waals surface area contributed by atoms with Crippen LogP contribution < -0.4 is 0 Å². The first-order chi connectivity index (χ1) is 15.1. The molecule has 0 aliphatic carbocycles. The van der Waals surface area contributed by atoms with Crippen LogP contribution in [-0.2, 0) is 25.7 Å². The zero-order valence-corrected chi connectivity index (χ0v) is 20.5. The molecule has 3 N–H and O–H groups in total. The molecule has 9 nitrogen and oxygen atoms in total. The van der Waals surface area contributed by atoms with Gasteiger partial charge in [-0.05, 0) is 59.0 Å². The fraction of sp³-hybridized carbons (Fsp3) is 0.857. The molecule has 0 amide bonds. The monoisotopic (exact) mass is 492 g/mol. The Labute approximate surface area is 197 Å². The Morgan fingerprint density at radius 1 is 1.25 bits per heavy atom. The molecule has 2 fully saturated rings. The number of thioether (sulfide) groups is 1. The predicted molar refractivity (Wildman–Crippen MR) is 123 cm³/mol. The summed E-state index contributed by atoms with van der Waals surface area (Å²) in [5, 5.41) is 31.8. The first-order valence-electron chi connectivity index (χ1n) is 11.2. The quantitative estimate of drug-likeness (QED) is 0.208. The molecule has 184 valence electrons. The van der Waals surface area contributed by atoms with Crippen molar-refractivity contribution in [1.29, 1.82) is 0 Å². The molecule has 0 aromatic rings. The Morgan fingerprint density at radius 2 is 1.94 bits per heavy atom. The SMILES string of the molecule is CC(C)(C)[S@@+]([O-])N(OC=O)[C@@H]1C/C=C\[C@@H](CN2CCCC2)CS[C@H]2O[C@H]1[C@H](O)[C@H](O)[C@H]2O. The second-order valence-corrected chi connectivity index (χ2v) is 12.8. The Hall–Kier alpha value is -0.370. The molecule has 3 aliphatic rings. The van der Waals surface area contributed by atoms with E-state index in [2.05, 4.69) is 11.0 Å². The van der Waals surface area contributed by atoms with Gasteiger partial charge in [-0.25, -0.2) is 0 Å². The molecular weight excluding hydrogens is 456 g/mol. The van der Waals surface area contributed by atoms with Gasteiger partial charge in [-0.1, -0.05) is 12.2 Å². The van der Waals surface area contributed by atoms with Gasteiger partial charge >= 0.3 is 6.47 Å². The summed E-state index contributed by atoms with van der Waals surface area (Å²) < 4.78 is 19.6. The lowest BCUT2D eigenvalue weighted by Crippen LogP contribution is -2.64. The summed E-state index contributed by atoms with van der Waals surface area (Å²) in [6.07, 6.45) is 1.57. The Balaban J connectivity index is 1.90. The number of hydrogen-bond donors (Lipinski definition) is 3. The fourth-order valence-electron chi connectivity index (χ4n) is 4.32. The average molecular weight is 493 g/mol. The lowest BCUT2D eigenvalue weighted by Gasteiger charge is -2.45. The van der Waals surface area contributed by atoms with E-state index in [1.807, 2.05) is 6.08 Å². The van der Waals surface area contributed by atoms with Crippen molar-refractivity contribution in [3.05, 3.63) is 12.2 Å². The maximum atomic E-state index is 13.2. The normalized spacial score (nSPS) is 38.9. The van der Waals surface area contributed by atoms with Crippen LogP contribution in [-0.4, -0.2) is 102 Å². The van der Waals surface area contributed by atoms with Gasteiger partial charge in [0, 0.05) is 12.3 Å². The van der Waals surface area contributed by atoms with Crippen LogP contribution in [0.2, 0.25) is 0 Å². The number of nitrogens with zero attached hydrogens (tertiary/aromatic N) is 2. The lowest BCUT2D eigenvalue weighted by molar-refractivity contribution is -0.229. The maximum absolute atomic E-state index is 13.2. The number of carbonyl (C=O) groups excluding carboxylic acids is 1. The Morgan fingerprint density at radius 3 is 2.56 bits per heavy atom. The molecule has 0 saturated carbocycles. The van der Waals surface area contributed by atoms with Crippen molar-refractivity contribution in [3.8, 4) is 0 Å². The molecule has 8 atom stereocenters. The smallest absolute Gasteiger partial charge is 0.318 e. The standard InChI is InChI=1S/C21H36N2O7S2/c1-21(2,3)32(28)23(29-13-24)15-8-6-7-14(11-22-9-4-5-10-22)12-31-20-18(27)16(25)17(26)19(15)30-20/h6-7,13-20,25-27H,4-5,8-12H2,1-3H3/b7-6-/t14-,15+,16-,17+,18+,19+,20+,32+/m0/s1. The van der Waals surface area contributed by atoms with E-state index in [1.54, 1.807) is 20.8 Å². The summed E-state index contributed by atoms with van der Waals surface area (Å²) in [5.41, 5.74) is -0.769. The number of hydroxylamine groups is 1. The van der Waals surface area contributed by atoms with Gasteiger partial charge in [0.1, 0.15) is 40.6 Å². The molecule has 0 aromatic heterocycles. The maximum Gasteiger partial charge on any atom is 0.318 e. The van der Waals surface area contributed by atoms with E-state index >= 15 is 0 Å². The summed E-state index contributed by atoms with van der Waals surface area (Å²) in [6, 6.07) is -0.817. The molecular formula is C21H36N2O7S2. The molecule has 3 aliphatic heterocycles. The molecule has 0 radical (unpaired) electrons. The van der Waals surface area contributed by atoms with E-state index in [0.29, 0.717) is 5.75 Å². The van der Waals surface area contributed by atoms with Gasteiger partial charge in [0.2, 0.25) is 0 Å². The van der Waals surface area contributed by atoms with Crippen LogP contribution in [0.25, 0.3) is 0 Å². The third kappa shape index (κ3) is 6.19. The Kier molecular flexibility index (Phi) is 9.32. The van der Waals surface area contributed by atoms with Crippen LogP contribution in [0.4, 0.5) is 0 Å². The molecule has 0 unspecified atom stereocenters. The number of fused-ring (bicyclic) bond motifs is 2. The zero-order valence-electron chi connectivity index (χ0n) is 18.9. The van der Waals surface area contributed by atoms with Gasteiger partial charge in [0.25, 0.3) is 0 Å². The second kappa shape index (κ2) is 11.4. The molecule has 2 saturated heterocycles. The van der Waals surface area contributed by atoms with Gasteiger partial charge in [-0.15, -0.1) is 11.8 Å². The van der Waals surface area contributed by atoms with Crippen molar-refractivity contribution < 1.29 is 34.2 Å². The minimum absolute atomic E-state index is 0.198. The number of aliphatic hydroxyl groups excluding tert-OH is 3. The van der Waals surface area contributed by atoms with Crippen molar-refractivity contribution in [1.82, 2.24) is 9.37 Å². The van der Waals surface area contributed by atoms with Crippen molar-refractivity contribution in [2.24, 2.45) is 5.92 Å². The van der Waals surface area contributed by atoms with E-state index in [1.165, 1.54) is 24.6 Å². The Bertz CT molecular complexity index is 644. The predicted octanol–water partition coefficient (Wildman–Crippen LogP) is 0.420. The van der Waals surface area contributed by atoms with Crippen molar-refractivity contribution >= 4 is 29.6 Å². The molecule has 3 rings (SSSR count). The van der Waals surface area contributed by atoms with Crippen LogP contribution in [0.5, 0.6) is 0 Å². The molecule has 11 heteroatoms. The first kappa shape index (κ1) is 26.2. The number of ether oxygens (including phenoxy) is 1. The van der Waals surface area contributed by atoms with E-state index in [9.17, 15) is 24.7 Å². The molecule has 0 aromatic carbocycles. The van der Waals surface area contributed by atoms with Crippen LogP contribution in [0.3, 0.4) is 0 Å². The third-order valence-corrected chi connectivity index (χ3v) is 9.11. The molecule has 0 spiro atoms. The van der Waals surface area contributed by atoms with Crippen molar-refractivity contribution in [3.63, 3.8) is 0 Å². The van der Waals surface area contributed by atoms with Crippen molar-refractivity contribution in [2.75, 3.05) is 25.4 Å². The highest BCUT2D eigenvalue weighted by atomic mass is 32.2. The summed E-state index contributed by atoms with van der Waals surface area (Å²) in [4.78, 5) is 18.8. The molecule has 3 heterocycles. The van der Waals surface area contributed by atoms with E-state index in [0.717, 1.165) is 24.1 Å². The average Bonchev–Trinajstić information content (AvgIpc) is 3.25. The van der Waals surface area contributed by atoms with Crippen LogP contribution >= 0.6 is 11.8 Å². The minimum atomic E-state index is -1.76. The number of carbonyl (C=O) groups is 1. The van der Waals surface area contributed by atoms with E-state index in [-0.39, 0.29) is 18.8 Å². The highest BCUT2D eigenvalue weighted by molar-refractivity contribution is 7.99. The van der Waals surface area contributed by atoms with Gasteiger partial charge in [-0.3, -0.25) is 4.79 Å². The second-order valence-electron chi connectivity index (χ2n) is 9.62. The summed E-state index contributed by atoms with van der Waals surface area (Å²) >= 11 is -0.362. The summed E-state index contributed by atoms with van der Waals surface area (Å²) in [5.74, 6) is 0.890. The minimum Gasteiger partial charge on any atom is -0.595 e. The number of rotatable bonds is 6. The van der Waals surface area contributed by atoms with Crippen LogP contribution in [0.1, 0.15) is 40.0 Å². The third-order valence-electron chi connectivity index (χ3n) is 6.04. The van der Waals surface area contributed by atoms with Gasteiger partial charge < -0.3 is 34.3 Å². The number of likely N-dealkylation sites (tertiary alicyclic amines) is 1. The molecule has 2 bridgehead atoms. The fourth-order valence-corrected chi connectivity index (χ4v) is 6.64. The highest BCUT2D eigenvalue weighted by Gasteiger charge is 2.52. The highest BCUT2D eigenvalue weighted by Crippen LogP contribution is 2.36. The lowest BCUT2D eigenvalue weighted by atomic mass is 9.93. The van der Waals surface area contributed by atoms with Gasteiger partial charge in [-0.2, -0.15) is 0 Å². The topological polar surface area (TPSA) is 126 Å². The number of hydrogen-bond acceptors (Lipinski definition) is 10. The molecule has 32 heavy (non-hydrogen) atoms. The largest absolute Gasteiger partial charge is 0.595 e. The first-order valence-corrected chi connectivity index (χ1v) is 13.3. The summed E-state index contributed by atoms with van der Waals surface area (Å²) in [6.45, 7) is 8.48. The van der Waals surface area contributed by atoms with Crippen molar-refractivity contribution in [2.45, 2.75) is 80.7 Å². The zero-order chi connectivity index (χ0) is 23.5. The van der Waals surface area contributed by atoms with Gasteiger partial charge in [0.15, 0.2) is 0 Å². The van der Waals surface area contributed by atoms with Crippen LogP contribution in [0, 0.1) is 5.92 Å². The van der Waals surface area contributed by atoms with Gasteiger partial charge in [0.05, 0.1) is 15.8 Å². The van der Waals surface area contributed by atoms with E-state index < -0.39 is 52.0 Å². The van der Waals surface area contributed by atoms with Crippen LogP contribution in [0.15, 0.2) is 12.2 Å². The van der Waals surface area contributed by atoms with E-state index in [4.69, 9.17) is 9.57 Å². The summed E-state index contributed by atoms with van der Waals surface area (Å²) in [7, 11) is 0.